The molecule has 2 aliphatic rings. The molecular formula is C16H19FN4OS. The number of hydrogen-bond acceptors (Lipinski definition) is 5. The molecule has 0 N–H and O–H groups in total. The zero-order valence-corrected chi connectivity index (χ0v) is 13.8. The second-order valence-electron chi connectivity index (χ2n) is 6.40. The second kappa shape index (κ2) is 5.79. The quantitative estimate of drug-likeness (QED) is 0.857. The van der Waals surface area contributed by atoms with Crippen molar-refractivity contribution in [1.29, 1.82) is 0 Å². The molecule has 0 radical (unpaired) electrons. The lowest BCUT2D eigenvalue weighted by Crippen LogP contribution is -2.58. The maximum atomic E-state index is 13.6. The summed E-state index contributed by atoms with van der Waals surface area (Å²) in [6, 6.07) is 2.97. The van der Waals surface area contributed by atoms with Gasteiger partial charge in [-0.15, -0.1) is 11.8 Å². The van der Waals surface area contributed by atoms with Crippen LogP contribution in [0.25, 0.3) is 0 Å². The maximum Gasteiger partial charge on any atom is 0.250 e. The predicted octanol–water partition coefficient (Wildman–Crippen LogP) is 2.09. The second-order valence-corrected chi connectivity index (χ2v) is 7.88. The van der Waals surface area contributed by atoms with Crippen molar-refractivity contribution in [2.75, 3.05) is 18.8 Å². The molecule has 0 saturated carbocycles. The zero-order valence-electron chi connectivity index (χ0n) is 13.0. The van der Waals surface area contributed by atoms with Gasteiger partial charge in [-0.1, -0.05) is 0 Å². The Labute approximate surface area is 138 Å². The molecule has 2 aliphatic heterocycles. The van der Waals surface area contributed by atoms with Crippen LogP contribution in [-0.2, 0) is 13.6 Å². The van der Waals surface area contributed by atoms with Crippen LogP contribution in [0.4, 0.5) is 4.39 Å². The van der Waals surface area contributed by atoms with Gasteiger partial charge in [0.05, 0.1) is 6.20 Å². The molecule has 1 atom stereocenters. The average Bonchev–Trinajstić information content (AvgIpc) is 3.08. The highest BCUT2D eigenvalue weighted by atomic mass is 32.2. The Morgan fingerprint density at radius 2 is 2.35 bits per heavy atom. The smallest absolute Gasteiger partial charge is 0.250 e. The third-order valence-electron chi connectivity index (χ3n) is 4.37. The minimum atomic E-state index is -0.384. The van der Waals surface area contributed by atoms with Crippen molar-refractivity contribution in [2.24, 2.45) is 7.05 Å². The number of pyridine rings is 1. The van der Waals surface area contributed by atoms with E-state index in [1.165, 1.54) is 11.6 Å². The van der Waals surface area contributed by atoms with Crippen molar-refractivity contribution in [3.63, 3.8) is 0 Å². The van der Waals surface area contributed by atoms with Gasteiger partial charge >= 0.3 is 0 Å². The SMILES string of the molecule is Cn1cc(CN2CC3(CC(Oc4ncccc4F)CS3)C2)cn1. The first-order chi connectivity index (χ1) is 11.1. The number of rotatable bonds is 4. The summed E-state index contributed by atoms with van der Waals surface area (Å²) in [6.45, 7) is 3.05. The van der Waals surface area contributed by atoms with Gasteiger partial charge in [-0.25, -0.2) is 9.37 Å². The van der Waals surface area contributed by atoms with Gasteiger partial charge in [0.25, 0.3) is 5.88 Å². The predicted molar refractivity (Wildman–Crippen MR) is 86.9 cm³/mol. The Kier molecular flexibility index (Phi) is 3.77. The summed E-state index contributed by atoms with van der Waals surface area (Å²) in [6.07, 6.45) is 6.54. The molecule has 7 heteroatoms. The van der Waals surface area contributed by atoms with E-state index in [0.29, 0.717) is 0 Å². The first kappa shape index (κ1) is 15.0. The molecule has 0 aromatic carbocycles. The number of likely N-dealkylation sites (tertiary alicyclic amines) is 1. The highest BCUT2D eigenvalue weighted by Crippen LogP contribution is 2.46. The highest BCUT2D eigenvalue weighted by Gasteiger charge is 2.49. The molecule has 5 nitrogen and oxygen atoms in total. The summed E-state index contributed by atoms with van der Waals surface area (Å²) in [5, 5.41) is 4.21. The monoisotopic (exact) mass is 334 g/mol. The Balaban J connectivity index is 1.30. The maximum absolute atomic E-state index is 13.6. The fourth-order valence-corrected chi connectivity index (χ4v) is 4.98. The number of hydrogen-bond donors (Lipinski definition) is 0. The fourth-order valence-electron chi connectivity index (χ4n) is 3.41. The number of aromatic nitrogens is 3. The number of nitrogens with zero attached hydrogens (tertiary/aromatic N) is 4. The molecule has 0 bridgehead atoms. The van der Waals surface area contributed by atoms with Crippen LogP contribution in [0.1, 0.15) is 12.0 Å². The third-order valence-corrected chi connectivity index (χ3v) is 5.94. The topological polar surface area (TPSA) is 43.2 Å². The van der Waals surface area contributed by atoms with Crippen LogP contribution in [0.15, 0.2) is 30.7 Å². The molecular weight excluding hydrogens is 315 g/mol. The molecule has 2 aromatic rings. The number of thioether (sulfide) groups is 1. The van der Waals surface area contributed by atoms with Crippen molar-refractivity contribution in [2.45, 2.75) is 23.8 Å². The summed E-state index contributed by atoms with van der Waals surface area (Å²) >= 11 is 1.95. The van der Waals surface area contributed by atoms with E-state index in [2.05, 4.69) is 21.2 Å². The van der Waals surface area contributed by atoms with E-state index in [-0.39, 0.29) is 22.5 Å². The van der Waals surface area contributed by atoms with Gasteiger partial charge in [0.2, 0.25) is 0 Å². The van der Waals surface area contributed by atoms with Crippen molar-refractivity contribution in [3.8, 4) is 5.88 Å². The summed E-state index contributed by atoms with van der Waals surface area (Å²) < 4.78 is 21.5. The van der Waals surface area contributed by atoms with Crippen LogP contribution < -0.4 is 4.74 Å². The van der Waals surface area contributed by atoms with Gasteiger partial charge < -0.3 is 4.74 Å². The average molecular weight is 334 g/mol. The number of ether oxygens (including phenoxy) is 1. The lowest BCUT2D eigenvalue weighted by Gasteiger charge is -2.47. The van der Waals surface area contributed by atoms with E-state index >= 15 is 0 Å². The van der Waals surface area contributed by atoms with E-state index in [1.807, 2.05) is 29.7 Å². The Bertz CT molecular complexity index is 701. The van der Waals surface area contributed by atoms with Crippen molar-refractivity contribution >= 4 is 11.8 Å². The number of aryl methyl sites for hydroxylation is 1. The molecule has 122 valence electrons. The first-order valence-electron chi connectivity index (χ1n) is 7.73. The van der Waals surface area contributed by atoms with E-state index in [9.17, 15) is 4.39 Å². The molecule has 1 spiro atoms. The molecule has 4 rings (SSSR count). The summed E-state index contributed by atoms with van der Waals surface area (Å²) in [7, 11) is 1.94. The molecule has 2 aromatic heterocycles. The molecule has 2 saturated heterocycles. The van der Waals surface area contributed by atoms with Gasteiger partial charge in [0.15, 0.2) is 5.82 Å². The van der Waals surface area contributed by atoms with Crippen LogP contribution in [0.2, 0.25) is 0 Å². The van der Waals surface area contributed by atoms with Crippen LogP contribution >= 0.6 is 11.8 Å². The summed E-state index contributed by atoms with van der Waals surface area (Å²) in [4.78, 5) is 6.40. The first-order valence-corrected chi connectivity index (χ1v) is 8.71. The van der Waals surface area contributed by atoms with Gasteiger partial charge in [0, 0.05) is 61.6 Å². The Hall–Kier alpha value is -1.60. The molecule has 2 fully saturated rings. The van der Waals surface area contributed by atoms with Crippen LogP contribution in [0.5, 0.6) is 5.88 Å². The zero-order chi connectivity index (χ0) is 15.9. The molecule has 0 amide bonds. The van der Waals surface area contributed by atoms with E-state index < -0.39 is 0 Å². The van der Waals surface area contributed by atoms with Gasteiger partial charge in [0.1, 0.15) is 6.10 Å². The fraction of sp³-hybridized carbons (Fsp3) is 0.500. The molecule has 23 heavy (non-hydrogen) atoms. The standard InChI is InChI=1S/C16H19FN4OS/c1-20-7-12(6-19-20)8-21-10-16(11-21)5-13(9-23-16)22-15-14(17)3-2-4-18-15/h2-4,6-7,13H,5,8-11H2,1H3. The van der Waals surface area contributed by atoms with Gasteiger partial charge in [-0.3, -0.25) is 9.58 Å². The molecule has 4 heterocycles. The lowest BCUT2D eigenvalue weighted by molar-refractivity contribution is 0.0895. The summed E-state index contributed by atoms with van der Waals surface area (Å²) in [5.41, 5.74) is 1.24. The van der Waals surface area contributed by atoms with Crippen LogP contribution in [0, 0.1) is 5.82 Å². The lowest BCUT2D eigenvalue weighted by atomic mass is 9.92. The van der Waals surface area contributed by atoms with E-state index in [0.717, 1.165) is 31.8 Å². The minimum Gasteiger partial charge on any atom is -0.471 e. The van der Waals surface area contributed by atoms with Crippen LogP contribution in [-0.4, -0.2) is 49.4 Å². The number of halogens is 1. The van der Waals surface area contributed by atoms with Crippen molar-refractivity contribution < 1.29 is 9.13 Å². The van der Waals surface area contributed by atoms with Crippen molar-refractivity contribution in [3.05, 3.63) is 42.1 Å². The normalized spacial score (nSPS) is 23.1. The largest absolute Gasteiger partial charge is 0.471 e. The van der Waals surface area contributed by atoms with E-state index in [4.69, 9.17) is 4.74 Å². The minimum absolute atomic E-state index is 0.0462. The van der Waals surface area contributed by atoms with Crippen molar-refractivity contribution in [1.82, 2.24) is 19.7 Å². The third kappa shape index (κ3) is 3.07. The Morgan fingerprint density at radius 3 is 3.09 bits per heavy atom. The van der Waals surface area contributed by atoms with Crippen LogP contribution in [0.3, 0.4) is 0 Å². The van der Waals surface area contributed by atoms with Gasteiger partial charge in [-0.05, 0) is 12.1 Å². The summed E-state index contributed by atoms with van der Waals surface area (Å²) in [5.74, 6) is 0.642. The Morgan fingerprint density at radius 1 is 1.48 bits per heavy atom. The van der Waals surface area contributed by atoms with E-state index in [1.54, 1.807) is 12.3 Å². The highest BCUT2D eigenvalue weighted by molar-refractivity contribution is 8.01. The molecule has 0 aliphatic carbocycles. The molecule has 1 unspecified atom stereocenters. The van der Waals surface area contributed by atoms with Gasteiger partial charge in [-0.2, -0.15) is 5.10 Å².